The molecule has 5 aromatic carbocycles. The predicted octanol–water partition coefficient (Wildman–Crippen LogP) is 9.84. The van der Waals surface area contributed by atoms with Gasteiger partial charge in [-0.15, -0.1) is 0 Å². The third kappa shape index (κ3) is 7.66. The summed E-state index contributed by atoms with van der Waals surface area (Å²) in [5.41, 5.74) is 6.25. The number of aliphatic hydroxyl groups is 1. The molecule has 6 heteroatoms. The first-order chi connectivity index (χ1) is 26.1. The number of aromatic nitrogens is 1. The summed E-state index contributed by atoms with van der Waals surface area (Å²) in [6.07, 6.45) is 4.56. The van der Waals surface area contributed by atoms with Crippen LogP contribution in [0.25, 0.3) is 10.9 Å². The number of fused-ring (bicyclic) bond motifs is 4. The minimum Gasteiger partial charge on any atom is -0.485 e. The highest BCUT2D eigenvalue weighted by molar-refractivity contribution is 5.82. The Morgan fingerprint density at radius 1 is 0.698 bits per heavy atom. The molecular weight excluding hydrogens is 657 g/mol. The van der Waals surface area contributed by atoms with E-state index < -0.39 is 6.10 Å². The van der Waals surface area contributed by atoms with Gasteiger partial charge < -0.3 is 23.8 Å². The van der Waals surface area contributed by atoms with Gasteiger partial charge in [-0.05, 0) is 58.9 Å². The van der Waals surface area contributed by atoms with E-state index in [0.29, 0.717) is 48.9 Å². The number of hydrogen-bond donors (Lipinski definition) is 1. The topological polar surface area (TPSA) is 60.8 Å². The Bertz CT molecular complexity index is 2040. The number of hydrogen-bond acceptors (Lipinski definition) is 5. The van der Waals surface area contributed by atoms with Crippen molar-refractivity contribution in [1.29, 1.82) is 0 Å². The summed E-state index contributed by atoms with van der Waals surface area (Å²) in [6, 6.07) is 45.3. The fourth-order valence-corrected chi connectivity index (χ4v) is 8.89. The smallest absolute Gasteiger partial charge is 0.203 e. The number of nitrogens with zero attached hydrogens (tertiary/aromatic N) is 2. The Labute approximate surface area is 313 Å². The molecule has 4 heterocycles. The molecule has 270 valence electrons. The first-order valence-corrected chi connectivity index (χ1v) is 19.1. The number of para-hydroxylation sites is 1. The zero-order chi connectivity index (χ0) is 36.0. The van der Waals surface area contributed by atoms with Crippen LogP contribution in [0.15, 0.2) is 140 Å². The normalized spacial score (nSPS) is 21.3. The number of benzene rings is 5. The standard InChI is InChI=1S/C47H49N2O4/c1-2-38-30-49(25-23-39(38)28-43(49)46(50)41-22-24-48-42-21-13-12-20-40(41)42)29-37-26-44(51-31-34-14-6-3-7-15-34)47(53-33-36-18-10-5-11-19-36)45(27-37)52-32-35-16-8-4-9-17-35/h3-22,24,26-27,38-39,43,46,50H,2,23,25,28-33H2,1H3/q+1/t38?,39?,43?,46-,49?/m1/s1. The molecular formula is C47H49N2O4+. The molecule has 0 radical (unpaired) electrons. The van der Waals surface area contributed by atoms with E-state index in [1.165, 1.54) is 6.42 Å². The van der Waals surface area contributed by atoms with Crippen molar-refractivity contribution in [2.45, 2.75) is 64.7 Å². The van der Waals surface area contributed by atoms with Crippen LogP contribution in [0.2, 0.25) is 0 Å². The van der Waals surface area contributed by atoms with Gasteiger partial charge in [0.1, 0.15) is 38.5 Å². The maximum atomic E-state index is 12.4. The molecule has 9 rings (SSSR count). The van der Waals surface area contributed by atoms with Crippen molar-refractivity contribution in [1.82, 2.24) is 4.98 Å². The van der Waals surface area contributed by atoms with Gasteiger partial charge in [-0.1, -0.05) is 116 Å². The quantitative estimate of drug-likeness (QED) is 0.114. The molecule has 1 N–H and O–H groups in total. The maximum absolute atomic E-state index is 12.4. The Kier molecular flexibility index (Phi) is 10.4. The molecule has 3 fully saturated rings. The van der Waals surface area contributed by atoms with Crippen LogP contribution in [0.3, 0.4) is 0 Å². The molecule has 6 nitrogen and oxygen atoms in total. The van der Waals surface area contributed by atoms with Crippen molar-refractivity contribution < 1.29 is 23.8 Å². The summed E-state index contributed by atoms with van der Waals surface area (Å²) in [5, 5.41) is 13.4. The highest BCUT2D eigenvalue weighted by Gasteiger charge is 2.54. The summed E-state index contributed by atoms with van der Waals surface area (Å²) < 4.78 is 20.8. The summed E-state index contributed by atoms with van der Waals surface area (Å²) in [5.74, 6) is 3.18. The van der Waals surface area contributed by atoms with Gasteiger partial charge in [-0.2, -0.15) is 0 Å². The molecule has 3 aliphatic rings. The van der Waals surface area contributed by atoms with Gasteiger partial charge in [0.05, 0.1) is 18.6 Å². The van der Waals surface area contributed by atoms with E-state index >= 15 is 0 Å². The van der Waals surface area contributed by atoms with Crippen molar-refractivity contribution in [3.05, 3.63) is 167 Å². The van der Waals surface area contributed by atoms with Crippen LogP contribution in [0.4, 0.5) is 0 Å². The van der Waals surface area contributed by atoms with Gasteiger partial charge in [-0.3, -0.25) is 4.98 Å². The second kappa shape index (κ2) is 15.8. The van der Waals surface area contributed by atoms with Gasteiger partial charge >= 0.3 is 0 Å². The molecule has 3 aliphatic heterocycles. The lowest BCUT2D eigenvalue weighted by Crippen LogP contribution is -2.67. The van der Waals surface area contributed by atoms with E-state index in [2.05, 4.69) is 66.5 Å². The third-order valence-electron chi connectivity index (χ3n) is 11.6. The molecule has 0 spiro atoms. The molecule has 0 aliphatic carbocycles. The highest BCUT2D eigenvalue weighted by Crippen LogP contribution is 2.50. The lowest BCUT2D eigenvalue weighted by molar-refractivity contribution is -0.985. The SMILES string of the molecule is CCC1C[N+]2(Cc3cc(OCc4ccccc4)c(OCc4ccccc4)c(OCc4ccccc4)c3)CCC1CC2[C@H](O)c1ccnc2ccccc12. The van der Waals surface area contributed by atoms with Crippen LogP contribution in [0.1, 0.15) is 60.1 Å². The van der Waals surface area contributed by atoms with Crippen LogP contribution in [0.5, 0.6) is 17.2 Å². The fraction of sp³-hybridized carbons (Fsp3) is 0.298. The maximum Gasteiger partial charge on any atom is 0.203 e. The van der Waals surface area contributed by atoms with E-state index in [1.54, 1.807) is 0 Å². The molecule has 6 aromatic rings. The zero-order valence-electron chi connectivity index (χ0n) is 30.5. The third-order valence-corrected chi connectivity index (χ3v) is 11.6. The molecule has 1 aromatic heterocycles. The molecule has 4 unspecified atom stereocenters. The molecule has 3 saturated heterocycles. The van der Waals surface area contributed by atoms with Gasteiger partial charge in [0.15, 0.2) is 11.5 Å². The van der Waals surface area contributed by atoms with E-state index in [9.17, 15) is 5.11 Å². The Morgan fingerprint density at radius 2 is 1.26 bits per heavy atom. The summed E-state index contributed by atoms with van der Waals surface area (Å²) >= 11 is 0. The first-order valence-electron chi connectivity index (χ1n) is 19.1. The highest BCUT2D eigenvalue weighted by atomic mass is 16.5. The monoisotopic (exact) mass is 705 g/mol. The van der Waals surface area contributed by atoms with Crippen molar-refractivity contribution in [2.75, 3.05) is 13.1 Å². The summed E-state index contributed by atoms with van der Waals surface area (Å²) in [6.45, 7) is 6.35. The minimum atomic E-state index is -0.611. The molecule has 2 bridgehead atoms. The van der Waals surface area contributed by atoms with Crippen LogP contribution in [-0.2, 0) is 26.4 Å². The van der Waals surface area contributed by atoms with Crippen molar-refractivity contribution in [2.24, 2.45) is 11.8 Å². The van der Waals surface area contributed by atoms with Crippen molar-refractivity contribution >= 4 is 10.9 Å². The molecule has 0 amide bonds. The average molecular weight is 706 g/mol. The van der Waals surface area contributed by atoms with Gasteiger partial charge in [-0.25, -0.2) is 0 Å². The lowest BCUT2D eigenvalue weighted by Gasteiger charge is -2.58. The van der Waals surface area contributed by atoms with Gasteiger partial charge in [0.2, 0.25) is 5.75 Å². The van der Waals surface area contributed by atoms with Crippen LogP contribution in [0, 0.1) is 11.8 Å². The molecule has 5 atom stereocenters. The van der Waals surface area contributed by atoms with E-state index in [1.807, 2.05) is 85.1 Å². The Hall–Kier alpha value is -5.17. The van der Waals surface area contributed by atoms with Crippen molar-refractivity contribution in [3.8, 4) is 17.2 Å². The second-order valence-corrected chi connectivity index (χ2v) is 14.9. The first kappa shape index (κ1) is 34.9. The van der Waals surface area contributed by atoms with E-state index in [-0.39, 0.29) is 6.04 Å². The summed E-state index contributed by atoms with van der Waals surface area (Å²) in [7, 11) is 0. The Balaban J connectivity index is 1.19. The number of quaternary nitrogens is 1. The lowest BCUT2D eigenvalue weighted by atomic mass is 9.70. The number of ether oxygens (including phenoxy) is 3. The number of pyridine rings is 1. The summed E-state index contributed by atoms with van der Waals surface area (Å²) in [4.78, 5) is 4.61. The Morgan fingerprint density at radius 3 is 1.87 bits per heavy atom. The number of piperidine rings is 3. The predicted molar refractivity (Wildman–Crippen MR) is 209 cm³/mol. The van der Waals surface area contributed by atoms with Gasteiger partial charge in [0, 0.05) is 35.9 Å². The van der Waals surface area contributed by atoms with E-state index in [0.717, 1.165) is 75.7 Å². The van der Waals surface area contributed by atoms with Crippen LogP contribution < -0.4 is 14.2 Å². The molecule has 0 saturated carbocycles. The minimum absolute atomic E-state index is 0.0544. The second-order valence-electron chi connectivity index (χ2n) is 14.9. The van der Waals surface area contributed by atoms with E-state index in [4.69, 9.17) is 14.2 Å². The number of rotatable bonds is 14. The largest absolute Gasteiger partial charge is 0.485 e. The van der Waals surface area contributed by atoms with Gasteiger partial charge in [0.25, 0.3) is 0 Å². The fourth-order valence-electron chi connectivity index (χ4n) is 8.89. The number of aliphatic hydroxyl groups excluding tert-OH is 1. The molecule has 53 heavy (non-hydrogen) atoms. The zero-order valence-corrected chi connectivity index (χ0v) is 30.5. The van der Waals surface area contributed by atoms with Crippen LogP contribution in [-0.4, -0.2) is 33.7 Å². The van der Waals surface area contributed by atoms with Crippen molar-refractivity contribution in [3.63, 3.8) is 0 Å². The van der Waals surface area contributed by atoms with Crippen LogP contribution >= 0.6 is 0 Å². The average Bonchev–Trinajstić information content (AvgIpc) is 3.22.